The molecule has 0 aliphatic rings. The summed E-state index contributed by atoms with van der Waals surface area (Å²) < 4.78 is 0. The minimum atomic E-state index is 0.649. The molecule has 0 aromatic heterocycles. The van der Waals surface area contributed by atoms with Gasteiger partial charge in [0.15, 0.2) is 0 Å². The first-order valence-corrected chi connectivity index (χ1v) is 4.06. The predicted octanol–water partition coefficient (Wildman–Crippen LogP) is 2.02. The largest absolute Gasteiger partial charge is 0.326 e. The van der Waals surface area contributed by atoms with E-state index >= 15 is 0 Å². The third-order valence-corrected chi connectivity index (χ3v) is 2.04. The van der Waals surface area contributed by atoms with Crippen LogP contribution in [0.5, 0.6) is 0 Å². The van der Waals surface area contributed by atoms with E-state index in [1.807, 2.05) is 0 Å². The topological polar surface area (TPSA) is 26.0 Å². The lowest BCUT2D eigenvalue weighted by atomic mass is 10.0. The number of benzene rings is 1. The number of nitrogens with two attached hydrogens (primary N) is 1. The van der Waals surface area contributed by atoms with Crippen molar-refractivity contribution < 1.29 is 0 Å². The van der Waals surface area contributed by atoms with Gasteiger partial charge < -0.3 is 5.73 Å². The average Bonchev–Trinajstić information content (AvgIpc) is 2.04. The fraction of sp³-hybridized carbons (Fsp3) is 0.400. The van der Waals surface area contributed by atoms with Crippen LogP contribution in [0, 0.1) is 6.92 Å². The molecule has 1 rings (SSSR count). The highest BCUT2D eigenvalue weighted by Crippen LogP contribution is 2.10. The Labute approximate surface area is 68.2 Å². The lowest BCUT2D eigenvalue weighted by Crippen LogP contribution is -1.99. The van der Waals surface area contributed by atoms with Crippen molar-refractivity contribution in [1.82, 2.24) is 0 Å². The van der Waals surface area contributed by atoms with Gasteiger partial charge in [-0.1, -0.05) is 25.1 Å². The van der Waals surface area contributed by atoms with Crippen molar-refractivity contribution >= 4 is 0 Å². The fourth-order valence-corrected chi connectivity index (χ4v) is 1.21. The molecule has 1 heteroatoms. The van der Waals surface area contributed by atoms with Crippen molar-refractivity contribution in [2.75, 3.05) is 0 Å². The number of rotatable bonds is 2. The first-order valence-electron chi connectivity index (χ1n) is 4.06. The van der Waals surface area contributed by atoms with E-state index in [0.717, 1.165) is 6.42 Å². The normalized spacial score (nSPS) is 10.1. The van der Waals surface area contributed by atoms with Crippen LogP contribution in [0.1, 0.15) is 23.6 Å². The Bertz CT molecular complexity index is 241. The third-order valence-electron chi connectivity index (χ3n) is 2.04. The molecule has 11 heavy (non-hydrogen) atoms. The van der Waals surface area contributed by atoms with E-state index in [1.54, 1.807) is 0 Å². The second-order valence-electron chi connectivity index (χ2n) is 2.82. The Morgan fingerprint density at radius 2 is 2.09 bits per heavy atom. The second kappa shape index (κ2) is 3.54. The lowest BCUT2D eigenvalue weighted by molar-refractivity contribution is 1.03. The van der Waals surface area contributed by atoms with E-state index < -0.39 is 0 Å². The Hall–Kier alpha value is -0.820. The zero-order valence-corrected chi connectivity index (χ0v) is 7.22. The molecule has 0 saturated carbocycles. The highest BCUT2D eigenvalue weighted by Gasteiger charge is 1.95. The Morgan fingerprint density at radius 3 is 2.55 bits per heavy atom. The van der Waals surface area contributed by atoms with Crippen LogP contribution in [-0.4, -0.2) is 0 Å². The van der Waals surface area contributed by atoms with Gasteiger partial charge in [0.2, 0.25) is 0 Å². The summed E-state index contributed by atoms with van der Waals surface area (Å²) in [6.45, 7) is 4.92. The second-order valence-corrected chi connectivity index (χ2v) is 2.82. The summed E-state index contributed by atoms with van der Waals surface area (Å²) >= 11 is 0. The van der Waals surface area contributed by atoms with Crippen molar-refractivity contribution in [3.05, 3.63) is 34.9 Å². The fourth-order valence-electron chi connectivity index (χ4n) is 1.21. The summed E-state index contributed by atoms with van der Waals surface area (Å²) in [5.41, 5.74) is 9.49. The molecule has 0 saturated heterocycles. The van der Waals surface area contributed by atoms with E-state index in [4.69, 9.17) is 5.73 Å². The molecule has 0 amide bonds. The summed E-state index contributed by atoms with van der Waals surface area (Å²) in [5, 5.41) is 0. The van der Waals surface area contributed by atoms with Gasteiger partial charge in [-0.25, -0.2) is 0 Å². The smallest absolute Gasteiger partial charge is 0.0180 e. The maximum atomic E-state index is 5.54. The van der Waals surface area contributed by atoms with Crippen molar-refractivity contribution in [3.63, 3.8) is 0 Å². The maximum absolute atomic E-state index is 5.54. The third kappa shape index (κ3) is 1.81. The molecule has 0 bridgehead atoms. The molecule has 0 spiro atoms. The van der Waals surface area contributed by atoms with Crippen LogP contribution >= 0.6 is 0 Å². The van der Waals surface area contributed by atoms with Crippen LogP contribution in [0.15, 0.2) is 18.2 Å². The van der Waals surface area contributed by atoms with Gasteiger partial charge in [0.05, 0.1) is 0 Å². The highest BCUT2D eigenvalue weighted by molar-refractivity contribution is 5.30. The number of hydrogen-bond donors (Lipinski definition) is 1. The Kier molecular flexibility index (Phi) is 2.66. The quantitative estimate of drug-likeness (QED) is 0.684. The zero-order valence-electron chi connectivity index (χ0n) is 7.22. The lowest BCUT2D eigenvalue weighted by Gasteiger charge is -2.04. The van der Waals surface area contributed by atoms with E-state index in [0.29, 0.717) is 6.54 Å². The highest BCUT2D eigenvalue weighted by atomic mass is 14.5. The molecule has 0 unspecified atom stereocenters. The van der Waals surface area contributed by atoms with Crippen LogP contribution in [0.3, 0.4) is 0 Å². The van der Waals surface area contributed by atoms with Crippen molar-refractivity contribution in [2.45, 2.75) is 26.8 Å². The molecule has 60 valence electrons. The molecule has 0 aliphatic heterocycles. The van der Waals surface area contributed by atoms with Crippen molar-refractivity contribution in [1.29, 1.82) is 0 Å². The van der Waals surface area contributed by atoms with Gasteiger partial charge >= 0.3 is 0 Å². The first-order chi connectivity index (χ1) is 5.27. The summed E-state index contributed by atoms with van der Waals surface area (Å²) in [6, 6.07) is 6.48. The molecule has 2 N–H and O–H groups in total. The number of aryl methyl sites for hydroxylation is 2. The SMILES string of the molecule is CCc1ccc(CN)c(C)c1. The first kappa shape index (κ1) is 8.28. The minimum absolute atomic E-state index is 0.649. The summed E-state index contributed by atoms with van der Waals surface area (Å²) in [7, 11) is 0. The molecule has 0 atom stereocenters. The van der Waals surface area contributed by atoms with Gasteiger partial charge in [-0.3, -0.25) is 0 Å². The maximum Gasteiger partial charge on any atom is 0.0180 e. The van der Waals surface area contributed by atoms with Gasteiger partial charge in [-0.2, -0.15) is 0 Å². The monoisotopic (exact) mass is 149 g/mol. The van der Waals surface area contributed by atoms with Gasteiger partial charge in [-0.05, 0) is 30.0 Å². The standard InChI is InChI=1S/C10H15N/c1-3-9-4-5-10(7-11)8(2)6-9/h4-6H,3,7,11H2,1-2H3. The summed E-state index contributed by atoms with van der Waals surface area (Å²) in [6.07, 6.45) is 1.10. The van der Waals surface area contributed by atoms with Crippen molar-refractivity contribution in [3.8, 4) is 0 Å². The molecule has 0 heterocycles. The molecule has 1 aromatic carbocycles. The number of hydrogen-bond acceptors (Lipinski definition) is 1. The van der Waals surface area contributed by atoms with Crippen LogP contribution in [0.2, 0.25) is 0 Å². The summed E-state index contributed by atoms with van der Waals surface area (Å²) in [4.78, 5) is 0. The Morgan fingerprint density at radius 1 is 1.36 bits per heavy atom. The molecular formula is C10H15N. The van der Waals surface area contributed by atoms with Crippen LogP contribution < -0.4 is 5.73 Å². The average molecular weight is 149 g/mol. The van der Waals surface area contributed by atoms with E-state index in [2.05, 4.69) is 32.0 Å². The van der Waals surface area contributed by atoms with Gasteiger partial charge in [0.25, 0.3) is 0 Å². The van der Waals surface area contributed by atoms with Crippen LogP contribution in [0.4, 0.5) is 0 Å². The van der Waals surface area contributed by atoms with Gasteiger partial charge in [0.1, 0.15) is 0 Å². The van der Waals surface area contributed by atoms with E-state index in [-0.39, 0.29) is 0 Å². The van der Waals surface area contributed by atoms with Crippen LogP contribution in [0.25, 0.3) is 0 Å². The zero-order chi connectivity index (χ0) is 8.27. The molecule has 0 aliphatic carbocycles. The molecule has 1 nitrogen and oxygen atoms in total. The van der Waals surface area contributed by atoms with E-state index in [9.17, 15) is 0 Å². The molecule has 1 aromatic rings. The summed E-state index contributed by atoms with van der Waals surface area (Å²) in [5.74, 6) is 0. The minimum Gasteiger partial charge on any atom is -0.326 e. The predicted molar refractivity (Wildman–Crippen MR) is 48.4 cm³/mol. The van der Waals surface area contributed by atoms with E-state index in [1.165, 1.54) is 16.7 Å². The van der Waals surface area contributed by atoms with Gasteiger partial charge in [-0.15, -0.1) is 0 Å². The Balaban J connectivity index is 2.99. The molecule has 0 fully saturated rings. The molecule has 0 radical (unpaired) electrons. The molecular weight excluding hydrogens is 134 g/mol. The van der Waals surface area contributed by atoms with Gasteiger partial charge in [0, 0.05) is 6.54 Å². The van der Waals surface area contributed by atoms with Crippen LogP contribution in [-0.2, 0) is 13.0 Å². The van der Waals surface area contributed by atoms with Crippen molar-refractivity contribution in [2.24, 2.45) is 5.73 Å².